The summed E-state index contributed by atoms with van der Waals surface area (Å²) in [6.07, 6.45) is -0.116. The van der Waals surface area contributed by atoms with Crippen LogP contribution in [0.3, 0.4) is 0 Å². The molecule has 4 N–H and O–H groups in total. The van der Waals surface area contributed by atoms with E-state index in [2.05, 4.69) is 22.8 Å². The van der Waals surface area contributed by atoms with Crippen LogP contribution >= 0.6 is 0 Å². The number of amides is 1. The van der Waals surface area contributed by atoms with E-state index < -0.39 is 5.91 Å². The molecule has 3 aromatic heterocycles. The fourth-order valence-electron chi connectivity index (χ4n) is 4.85. The van der Waals surface area contributed by atoms with Gasteiger partial charge in [-0.1, -0.05) is 36.4 Å². The number of ether oxygens (including phenoxy) is 1. The third-order valence-electron chi connectivity index (χ3n) is 6.58. The summed E-state index contributed by atoms with van der Waals surface area (Å²) in [5.74, 6) is 0.744. The first-order valence-corrected chi connectivity index (χ1v) is 12.0. The Morgan fingerprint density at radius 1 is 1.14 bits per heavy atom. The van der Waals surface area contributed by atoms with Crippen LogP contribution < -0.4 is 16.4 Å². The largest absolute Gasteiger partial charge is 0.369 e. The molecule has 5 aromatic rings. The lowest BCUT2D eigenvalue weighted by Gasteiger charge is -2.23. The van der Waals surface area contributed by atoms with Gasteiger partial charge in [-0.05, 0) is 42.8 Å². The molecule has 0 bridgehead atoms. The molecule has 0 saturated carbocycles. The van der Waals surface area contributed by atoms with E-state index in [4.69, 9.17) is 20.6 Å². The van der Waals surface area contributed by atoms with Crippen LogP contribution in [0.1, 0.15) is 33.4 Å². The number of aryl methyl sites for hydroxylation is 1. The van der Waals surface area contributed by atoms with Crippen LogP contribution in [0, 0.1) is 6.92 Å². The molecule has 182 valence electrons. The highest BCUT2D eigenvalue weighted by molar-refractivity contribution is 6.06. The number of nitrogens with one attached hydrogen (secondary N) is 2. The van der Waals surface area contributed by atoms with Crippen molar-refractivity contribution < 1.29 is 9.53 Å². The molecule has 9 heteroatoms. The standard InChI is InChI=1S/C27H27N7O2/c1-17-14-20-19(25(28)35)8-5-9-21(20)33(17)27-31-26(30-15-18-6-3-2-4-7-18)23-11-10-22(34(23)32-27)24-16-29-12-13-36-24/h2-11,14,24,29H,12-13,15-16H2,1H3,(H2,28,35)(H,30,31,32). The summed E-state index contributed by atoms with van der Waals surface area (Å²) < 4.78 is 9.91. The van der Waals surface area contributed by atoms with Crippen molar-refractivity contribution in [2.24, 2.45) is 5.73 Å². The molecule has 6 rings (SSSR count). The second-order valence-electron chi connectivity index (χ2n) is 8.94. The van der Waals surface area contributed by atoms with E-state index in [-0.39, 0.29) is 6.10 Å². The zero-order valence-corrected chi connectivity index (χ0v) is 19.9. The van der Waals surface area contributed by atoms with Gasteiger partial charge in [0.15, 0.2) is 5.82 Å². The van der Waals surface area contributed by atoms with E-state index in [1.54, 1.807) is 6.07 Å². The normalized spacial score (nSPS) is 16.0. The molecule has 0 aliphatic carbocycles. The van der Waals surface area contributed by atoms with Gasteiger partial charge >= 0.3 is 0 Å². The van der Waals surface area contributed by atoms with Crippen LogP contribution in [0.4, 0.5) is 5.82 Å². The summed E-state index contributed by atoms with van der Waals surface area (Å²) in [6.45, 7) is 4.78. The van der Waals surface area contributed by atoms with Gasteiger partial charge in [-0.3, -0.25) is 9.36 Å². The minimum absolute atomic E-state index is 0.116. The summed E-state index contributed by atoms with van der Waals surface area (Å²) in [5.41, 5.74) is 10.8. The topological polar surface area (TPSA) is 112 Å². The number of hydrogen-bond donors (Lipinski definition) is 3. The SMILES string of the molecule is Cc1cc2c(C(N)=O)cccc2n1-c1nc(NCc2ccccc2)c2ccc(C3CNCCO3)n2n1. The number of nitrogens with zero attached hydrogens (tertiary/aromatic N) is 4. The molecule has 1 saturated heterocycles. The van der Waals surface area contributed by atoms with Gasteiger partial charge in [-0.2, -0.15) is 4.98 Å². The molecule has 1 unspecified atom stereocenters. The number of aromatic nitrogens is 4. The number of carbonyl (C=O) groups is 1. The molecule has 36 heavy (non-hydrogen) atoms. The van der Waals surface area contributed by atoms with Crippen LogP contribution in [0.25, 0.3) is 22.4 Å². The third-order valence-corrected chi connectivity index (χ3v) is 6.58. The van der Waals surface area contributed by atoms with E-state index in [9.17, 15) is 4.79 Å². The number of hydrogen-bond acceptors (Lipinski definition) is 6. The maximum Gasteiger partial charge on any atom is 0.254 e. The van der Waals surface area contributed by atoms with Gasteiger partial charge in [0.25, 0.3) is 5.95 Å². The summed E-state index contributed by atoms with van der Waals surface area (Å²) >= 11 is 0. The van der Waals surface area contributed by atoms with Gasteiger partial charge < -0.3 is 21.1 Å². The number of morpholine rings is 1. The number of primary amides is 1. The Labute approximate surface area is 207 Å². The Morgan fingerprint density at radius 3 is 2.78 bits per heavy atom. The summed E-state index contributed by atoms with van der Waals surface area (Å²) in [7, 11) is 0. The quantitative estimate of drug-likeness (QED) is 0.343. The average molecular weight is 482 g/mol. The first kappa shape index (κ1) is 22.3. The van der Waals surface area contributed by atoms with E-state index in [0.717, 1.165) is 39.9 Å². The third kappa shape index (κ3) is 3.88. The van der Waals surface area contributed by atoms with Crippen LogP contribution in [0.15, 0.2) is 66.7 Å². The molecular formula is C27H27N7O2. The summed E-state index contributed by atoms with van der Waals surface area (Å²) in [5, 5.41) is 12.6. The Balaban J connectivity index is 1.52. The number of nitrogens with two attached hydrogens (primary N) is 1. The van der Waals surface area contributed by atoms with E-state index in [1.165, 1.54) is 0 Å². The lowest BCUT2D eigenvalue weighted by molar-refractivity contribution is 0.0240. The summed E-state index contributed by atoms with van der Waals surface area (Å²) in [6, 6.07) is 21.7. The predicted molar refractivity (Wildman–Crippen MR) is 138 cm³/mol. The highest BCUT2D eigenvalue weighted by Crippen LogP contribution is 2.29. The zero-order chi connectivity index (χ0) is 24.6. The minimum atomic E-state index is -0.464. The van der Waals surface area contributed by atoms with Crippen LogP contribution in [0.2, 0.25) is 0 Å². The van der Waals surface area contributed by atoms with Crippen molar-refractivity contribution in [3.8, 4) is 5.95 Å². The molecule has 1 aliphatic heterocycles. The second-order valence-corrected chi connectivity index (χ2v) is 8.94. The van der Waals surface area contributed by atoms with Crippen molar-refractivity contribution in [2.75, 3.05) is 25.0 Å². The van der Waals surface area contributed by atoms with Crippen LogP contribution in [-0.4, -0.2) is 44.8 Å². The van der Waals surface area contributed by atoms with Gasteiger partial charge in [-0.15, -0.1) is 5.10 Å². The number of carbonyl (C=O) groups excluding carboxylic acids is 1. The number of rotatable bonds is 6. The molecule has 1 aliphatic rings. The lowest BCUT2D eigenvalue weighted by Crippen LogP contribution is -2.34. The van der Waals surface area contributed by atoms with Crippen molar-refractivity contribution in [1.82, 2.24) is 24.5 Å². The van der Waals surface area contributed by atoms with Crippen molar-refractivity contribution in [1.29, 1.82) is 0 Å². The van der Waals surface area contributed by atoms with Crippen molar-refractivity contribution in [2.45, 2.75) is 19.6 Å². The second kappa shape index (κ2) is 9.10. The Kier molecular flexibility index (Phi) is 5.63. The molecule has 0 radical (unpaired) electrons. The predicted octanol–water partition coefficient (Wildman–Crippen LogP) is 3.35. The van der Waals surface area contributed by atoms with Crippen molar-refractivity contribution in [3.05, 3.63) is 89.2 Å². The highest BCUT2D eigenvalue weighted by Gasteiger charge is 2.23. The first-order chi connectivity index (χ1) is 17.6. The number of fused-ring (bicyclic) bond motifs is 2. The summed E-state index contributed by atoms with van der Waals surface area (Å²) in [4.78, 5) is 17.0. The molecule has 1 amide bonds. The Hall–Kier alpha value is -4.21. The van der Waals surface area contributed by atoms with Crippen molar-refractivity contribution in [3.63, 3.8) is 0 Å². The maximum absolute atomic E-state index is 12.1. The Morgan fingerprint density at radius 2 is 2.00 bits per heavy atom. The van der Waals surface area contributed by atoms with E-state index in [0.29, 0.717) is 37.0 Å². The van der Waals surface area contributed by atoms with Gasteiger partial charge in [-0.25, -0.2) is 4.52 Å². The average Bonchev–Trinajstić information content (AvgIpc) is 3.48. The fraction of sp³-hybridized carbons (Fsp3) is 0.222. The molecule has 2 aromatic carbocycles. The van der Waals surface area contributed by atoms with Gasteiger partial charge in [0.1, 0.15) is 11.6 Å². The maximum atomic E-state index is 12.1. The zero-order valence-electron chi connectivity index (χ0n) is 19.9. The van der Waals surface area contributed by atoms with Gasteiger partial charge in [0, 0.05) is 36.3 Å². The molecule has 1 atom stereocenters. The lowest BCUT2D eigenvalue weighted by atomic mass is 10.1. The molecule has 9 nitrogen and oxygen atoms in total. The van der Waals surface area contributed by atoms with Gasteiger partial charge in [0.2, 0.25) is 5.91 Å². The first-order valence-electron chi connectivity index (χ1n) is 12.0. The highest BCUT2D eigenvalue weighted by atomic mass is 16.5. The molecule has 1 fully saturated rings. The van der Waals surface area contributed by atoms with Crippen LogP contribution in [0.5, 0.6) is 0 Å². The molecular weight excluding hydrogens is 454 g/mol. The number of benzene rings is 2. The molecule has 0 spiro atoms. The fourth-order valence-corrected chi connectivity index (χ4v) is 4.85. The van der Waals surface area contributed by atoms with Gasteiger partial charge in [0.05, 0.1) is 17.8 Å². The van der Waals surface area contributed by atoms with E-state index >= 15 is 0 Å². The number of anilines is 1. The Bertz CT molecular complexity index is 1570. The smallest absolute Gasteiger partial charge is 0.254 e. The minimum Gasteiger partial charge on any atom is -0.369 e. The molecule has 4 heterocycles. The monoisotopic (exact) mass is 481 g/mol. The van der Waals surface area contributed by atoms with Crippen molar-refractivity contribution >= 4 is 28.1 Å². The van der Waals surface area contributed by atoms with Crippen LogP contribution in [-0.2, 0) is 11.3 Å². The van der Waals surface area contributed by atoms with E-state index in [1.807, 2.05) is 64.5 Å².